The van der Waals surface area contributed by atoms with Gasteiger partial charge < -0.3 is 10.2 Å². The fourth-order valence-corrected chi connectivity index (χ4v) is 2.22. The summed E-state index contributed by atoms with van der Waals surface area (Å²) in [6.45, 7) is 9.90. The van der Waals surface area contributed by atoms with Crippen LogP contribution in [-0.2, 0) is 6.54 Å². The summed E-state index contributed by atoms with van der Waals surface area (Å²) >= 11 is 0. The lowest BCUT2D eigenvalue weighted by Crippen LogP contribution is -2.28. The number of rotatable bonds is 8. The average molecular weight is 261 g/mol. The average Bonchev–Trinajstić information content (AvgIpc) is 3.26. The Kier molecular flexibility index (Phi) is 5.20. The summed E-state index contributed by atoms with van der Waals surface area (Å²) in [6.07, 6.45) is 5.83. The molecule has 1 saturated carbocycles. The predicted octanol–water partition coefficient (Wildman–Crippen LogP) is 3.21. The van der Waals surface area contributed by atoms with Crippen LogP contribution in [0.4, 0.5) is 5.69 Å². The Morgan fingerprint density at radius 1 is 1.42 bits per heavy atom. The molecule has 0 aromatic carbocycles. The maximum atomic E-state index is 4.47. The van der Waals surface area contributed by atoms with E-state index in [-0.39, 0.29) is 0 Å². The molecule has 3 heteroatoms. The lowest BCUT2D eigenvalue weighted by Gasteiger charge is -2.26. The molecule has 1 heterocycles. The summed E-state index contributed by atoms with van der Waals surface area (Å²) in [6, 6.07) is 5.11. The molecule has 2 rings (SSSR count). The van der Waals surface area contributed by atoms with Crippen LogP contribution in [0.2, 0.25) is 0 Å². The first-order valence-electron chi connectivity index (χ1n) is 7.66. The van der Waals surface area contributed by atoms with Crippen molar-refractivity contribution in [2.45, 2.75) is 52.6 Å². The van der Waals surface area contributed by atoms with Crippen LogP contribution in [-0.4, -0.2) is 24.1 Å². The topological polar surface area (TPSA) is 28.2 Å². The largest absolute Gasteiger partial charge is 0.371 e. The van der Waals surface area contributed by atoms with E-state index in [9.17, 15) is 0 Å². The SMILES string of the molecule is CCC(C)CN(CC)c1ccnc(CNC2CC2)c1. The molecule has 1 N–H and O–H groups in total. The van der Waals surface area contributed by atoms with Gasteiger partial charge in [0.1, 0.15) is 0 Å². The number of pyridine rings is 1. The number of anilines is 1. The molecule has 1 aliphatic carbocycles. The molecule has 0 radical (unpaired) electrons. The van der Waals surface area contributed by atoms with Gasteiger partial charge in [-0.2, -0.15) is 0 Å². The molecule has 0 saturated heterocycles. The van der Waals surface area contributed by atoms with Crippen molar-refractivity contribution in [1.82, 2.24) is 10.3 Å². The first-order valence-corrected chi connectivity index (χ1v) is 7.66. The van der Waals surface area contributed by atoms with Crippen LogP contribution < -0.4 is 10.2 Å². The van der Waals surface area contributed by atoms with Gasteiger partial charge >= 0.3 is 0 Å². The minimum atomic E-state index is 0.737. The van der Waals surface area contributed by atoms with Gasteiger partial charge in [0.2, 0.25) is 0 Å². The van der Waals surface area contributed by atoms with Crippen molar-refractivity contribution in [2.24, 2.45) is 5.92 Å². The van der Waals surface area contributed by atoms with Crippen molar-refractivity contribution in [2.75, 3.05) is 18.0 Å². The maximum absolute atomic E-state index is 4.47. The smallest absolute Gasteiger partial charge is 0.0562 e. The molecular weight excluding hydrogens is 234 g/mol. The van der Waals surface area contributed by atoms with E-state index in [4.69, 9.17) is 0 Å². The zero-order valence-corrected chi connectivity index (χ0v) is 12.5. The highest BCUT2D eigenvalue weighted by molar-refractivity contribution is 5.46. The zero-order chi connectivity index (χ0) is 13.7. The Morgan fingerprint density at radius 2 is 2.21 bits per heavy atom. The van der Waals surface area contributed by atoms with E-state index in [2.05, 4.69) is 48.1 Å². The molecule has 1 aliphatic rings. The molecule has 1 aromatic rings. The summed E-state index contributed by atoms with van der Waals surface area (Å²) in [5.74, 6) is 0.737. The molecule has 0 amide bonds. The zero-order valence-electron chi connectivity index (χ0n) is 12.5. The fraction of sp³-hybridized carbons (Fsp3) is 0.688. The molecule has 1 unspecified atom stereocenters. The van der Waals surface area contributed by atoms with Gasteiger partial charge in [0.05, 0.1) is 5.69 Å². The highest BCUT2D eigenvalue weighted by Crippen LogP contribution is 2.20. The van der Waals surface area contributed by atoms with Crippen LogP contribution in [0.15, 0.2) is 18.3 Å². The van der Waals surface area contributed by atoms with E-state index in [1.165, 1.54) is 24.9 Å². The molecule has 0 bridgehead atoms. The monoisotopic (exact) mass is 261 g/mol. The fourth-order valence-electron chi connectivity index (χ4n) is 2.22. The molecule has 0 aliphatic heterocycles. The normalized spacial score (nSPS) is 16.4. The quantitative estimate of drug-likeness (QED) is 0.779. The summed E-state index contributed by atoms with van der Waals surface area (Å²) < 4.78 is 0. The Bertz CT molecular complexity index is 387. The molecular formula is C16H27N3. The van der Waals surface area contributed by atoms with Gasteiger partial charge in [-0.1, -0.05) is 20.3 Å². The first-order chi connectivity index (χ1) is 9.22. The molecule has 1 aromatic heterocycles. The van der Waals surface area contributed by atoms with E-state index in [1.54, 1.807) is 0 Å². The van der Waals surface area contributed by atoms with Gasteiger partial charge in [-0.3, -0.25) is 4.98 Å². The van der Waals surface area contributed by atoms with Gasteiger partial charge in [0.15, 0.2) is 0 Å². The van der Waals surface area contributed by atoms with Crippen molar-refractivity contribution < 1.29 is 0 Å². The van der Waals surface area contributed by atoms with Crippen molar-refractivity contribution in [3.8, 4) is 0 Å². The van der Waals surface area contributed by atoms with Crippen LogP contribution in [0, 0.1) is 5.92 Å². The summed E-state index contributed by atoms with van der Waals surface area (Å²) in [5.41, 5.74) is 2.47. The molecule has 3 nitrogen and oxygen atoms in total. The number of aromatic nitrogens is 1. The van der Waals surface area contributed by atoms with Crippen LogP contribution in [0.3, 0.4) is 0 Å². The third kappa shape index (κ3) is 4.50. The van der Waals surface area contributed by atoms with Gasteiger partial charge in [-0.05, 0) is 37.8 Å². The van der Waals surface area contributed by atoms with Gasteiger partial charge in [-0.25, -0.2) is 0 Å². The van der Waals surface area contributed by atoms with Crippen LogP contribution in [0.1, 0.15) is 45.7 Å². The van der Waals surface area contributed by atoms with Gasteiger partial charge in [0, 0.05) is 37.6 Å². The minimum absolute atomic E-state index is 0.737. The van der Waals surface area contributed by atoms with E-state index < -0.39 is 0 Å². The number of nitrogens with one attached hydrogen (secondary N) is 1. The predicted molar refractivity (Wildman–Crippen MR) is 81.4 cm³/mol. The standard InChI is InChI=1S/C16H27N3/c1-4-13(3)12-19(5-2)16-8-9-17-15(10-16)11-18-14-6-7-14/h8-10,13-14,18H,4-7,11-12H2,1-3H3. The van der Waals surface area contributed by atoms with Gasteiger partial charge in [-0.15, -0.1) is 0 Å². The number of hydrogen-bond acceptors (Lipinski definition) is 3. The number of nitrogens with zero attached hydrogens (tertiary/aromatic N) is 2. The van der Waals surface area contributed by atoms with E-state index >= 15 is 0 Å². The molecule has 106 valence electrons. The molecule has 0 spiro atoms. The van der Waals surface area contributed by atoms with Crippen molar-refractivity contribution in [1.29, 1.82) is 0 Å². The highest BCUT2D eigenvalue weighted by atomic mass is 15.1. The van der Waals surface area contributed by atoms with Crippen molar-refractivity contribution in [3.05, 3.63) is 24.0 Å². The highest BCUT2D eigenvalue weighted by Gasteiger charge is 2.20. The van der Waals surface area contributed by atoms with Crippen LogP contribution in [0.5, 0.6) is 0 Å². The van der Waals surface area contributed by atoms with Crippen molar-refractivity contribution in [3.63, 3.8) is 0 Å². The second-order valence-electron chi connectivity index (χ2n) is 5.71. The lowest BCUT2D eigenvalue weighted by molar-refractivity contribution is 0.547. The Hall–Kier alpha value is -1.09. The Morgan fingerprint density at radius 3 is 2.84 bits per heavy atom. The van der Waals surface area contributed by atoms with E-state index in [0.717, 1.165) is 37.3 Å². The third-order valence-corrected chi connectivity index (χ3v) is 3.93. The van der Waals surface area contributed by atoms with E-state index in [1.807, 2.05) is 6.20 Å². The Balaban J connectivity index is 1.97. The van der Waals surface area contributed by atoms with Crippen LogP contribution >= 0.6 is 0 Å². The summed E-state index contributed by atoms with van der Waals surface area (Å²) in [4.78, 5) is 6.92. The summed E-state index contributed by atoms with van der Waals surface area (Å²) in [7, 11) is 0. The second-order valence-corrected chi connectivity index (χ2v) is 5.71. The Labute approximate surface area is 117 Å². The minimum Gasteiger partial charge on any atom is -0.371 e. The van der Waals surface area contributed by atoms with E-state index in [0.29, 0.717) is 0 Å². The van der Waals surface area contributed by atoms with Crippen LogP contribution in [0.25, 0.3) is 0 Å². The second kappa shape index (κ2) is 6.90. The molecule has 1 fully saturated rings. The molecule has 1 atom stereocenters. The van der Waals surface area contributed by atoms with Gasteiger partial charge in [0.25, 0.3) is 0 Å². The third-order valence-electron chi connectivity index (χ3n) is 3.93. The lowest BCUT2D eigenvalue weighted by atomic mass is 10.1. The summed E-state index contributed by atoms with van der Waals surface area (Å²) in [5, 5.41) is 3.53. The first kappa shape index (κ1) is 14.3. The molecule has 19 heavy (non-hydrogen) atoms. The van der Waals surface area contributed by atoms with Crippen molar-refractivity contribution >= 4 is 5.69 Å². The number of hydrogen-bond donors (Lipinski definition) is 1. The maximum Gasteiger partial charge on any atom is 0.0562 e.